The van der Waals surface area contributed by atoms with Crippen LogP contribution in [0.25, 0.3) is 0 Å². The molecule has 90 valence electrons. The Morgan fingerprint density at radius 1 is 1.35 bits per heavy atom. The van der Waals surface area contributed by atoms with E-state index in [9.17, 15) is 4.79 Å². The van der Waals surface area contributed by atoms with Crippen LogP contribution in [0.3, 0.4) is 0 Å². The number of rotatable bonds is 2. The predicted molar refractivity (Wildman–Crippen MR) is 64.3 cm³/mol. The molecule has 2 aliphatic rings. The lowest BCUT2D eigenvalue weighted by Crippen LogP contribution is -2.51. The summed E-state index contributed by atoms with van der Waals surface area (Å²) < 4.78 is 0. The van der Waals surface area contributed by atoms with Crippen molar-refractivity contribution in [2.75, 3.05) is 19.6 Å². The van der Waals surface area contributed by atoms with E-state index in [2.05, 4.69) is 15.2 Å². The Bertz CT molecular complexity index is 402. The normalized spacial score (nSPS) is 24.7. The lowest BCUT2D eigenvalue weighted by Gasteiger charge is -2.33. The summed E-state index contributed by atoms with van der Waals surface area (Å²) in [6, 6.07) is 4.32. The van der Waals surface area contributed by atoms with Crippen molar-refractivity contribution in [3.8, 4) is 0 Å². The summed E-state index contributed by atoms with van der Waals surface area (Å²) >= 11 is 0. The molecule has 1 unspecified atom stereocenters. The largest absolute Gasteiger partial charge is 0.335 e. The summed E-state index contributed by atoms with van der Waals surface area (Å²) in [5, 5.41) is 3.16. The van der Waals surface area contributed by atoms with Crippen LogP contribution in [0.1, 0.15) is 24.4 Å². The van der Waals surface area contributed by atoms with E-state index >= 15 is 0 Å². The molecule has 2 fully saturated rings. The Morgan fingerprint density at radius 3 is 2.76 bits per heavy atom. The zero-order valence-corrected chi connectivity index (χ0v) is 9.80. The number of hydrogen-bond acceptors (Lipinski definition) is 3. The van der Waals surface area contributed by atoms with Crippen molar-refractivity contribution in [1.82, 2.24) is 15.2 Å². The number of likely N-dealkylation sites (tertiary alicyclic amines) is 1. The molecule has 0 saturated carbocycles. The molecule has 17 heavy (non-hydrogen) atoms. The van der Waals surface area contributed by atoms with Gasteiger partial charge in [-0.15, -0.1) is 0 Å². The molecule has 4 nitrogen and oxygen atoms in total. The summed E-state index contributed by atoms with van der Waals surface area (Å²) in [6.45, 7) is 2.60. The summed E-state index contributed by atoms with van der Waals surface area (Å²) in [5.74, 6) is 0.528. The van der Waals surface area contributed by atoms with Crippen LogP contribution in [-0.4, -0.2) is 35.4 Å². The van der Waals surface area contributed by atoms with Gasteiger partial charge < -0.3 is 10.2 Å². The molecule has 1 aromatic rings. The van der Waals surface area contributed by atoms with Gasteiger partial charge in [0.2, 0.25) is 5.91 Å². The molecular formula is C13H17N3O. The summed E-state index contributed by atoms with van der Waals surface area (Å²) in [4.78, 5) is 18.4. The van der Waals surface area contributed by atoms with Gasteiger partial charge in [-0.3, -0.25) is 9.78 Å². The molecule has 2 saturated heterocycles. The minimum Gasteiger partial charge on any atom is -0.335 e. The number of pyridine rings is 1. The highest BCUT2D eigenvalue weighted by atomic mass is 16.2. The van der Waals surface area contributed by atoms with E-state index in [4.69, 9.17) is 0 Å². The quantitative estimate of drug-likeness (QED) is 0.824. The van der Waals surface area contributed by atoms with Crippen LogP contribution < -0.4 is 5.32 Å². The third-order valence-electron chi connectivity index (χ3n) is 3.76. The van der Waals surface area contributed by atoms with Crippen molar-refractivity contribution in [3.63, 3.8) is 0 Å². The van der Waals surface area contributed by atoms with Crippen molar-refractivity contribution in [3.05, 3.63) is 30.1 Å². The van der Waals surface area contributed by atoms with Gasteiger partial charge in [0, 0.05) is 32.0 Å². The van der Waals surface area contributed by atoms with Gasteiger partial charge in [-0.2, -0.15) is 0 Å². The average Bonchev–Trinajstić information content (AvgIpc) is 2.76. The fourth-order valence-corrected chi connectivity index (χ4v) is 2.66. The molecule has 3 rings (SSSR count). The molecule has 0 aromatic carbocycles. The van der Waals surface area contributed by atoms with Gasteiger partial charge in [0.25, 0.3) is 0 Å². The van der Waals surface area contributed by atoms with Gasteiger partial charge >= 0.3 is 0 Å². The maximum absolute atomic E-state index is 12.3. The Morgan fingerprint density at radius 2 is 2.12 bits per heavy atom. The maximum atomic E-state index is 12.3. The van der Waals surface area contributed by atoms with Crippen LogP contribution >= 0.6 is 0 Å². The third-order valence-corrected chi connectivity index (χ3v) is 3.76. The minimum absolute atomic E-state index is 0.206. The van der Waals surface area contributed by atoms with Crippen LogP contribution in [0.2, 0.25) is 0 Å². The summed E-state index contributed by atoms with van der Waals surface area (Å²) in [5.41, 5.74) is 1.22. The van der Waals surface area contributed by atoms with E-state index in [1.165, 1.54) is 5.56 Å². The lowest BCUT2D eigenvalue weighted by molar-refractivity contribution is -0.138. The molecule has 0 bridgehead atoms. The number of nitrogens with zero attached hydrogens (tertiary/aromatic N) is 2. The SMILES string of the molecule is O=C(C1CNC1)N1CCCC1c1ccncc1. The summed E-state index contributed by atoms with van der Waals surface area (Å²) in [6.07, 6.45) is 5.80. The highest BCUT2D eigenvalue weighted by molar-refractivity contribution is 5.81. The van der Waals surface area contributed by atoms with E-state index in [0.717, 1.165) is 32.5 Å². The van der Waals surface area contributed by atoms with E-state index in [1.807, 2.05) is 12.1 Å². The van der Waals surface area contributed by atoms with Crippen LogP contribution in [0.5, 0.6) is 0 Å². The maximum Gasteiger partial charge on any atom is 0.228 e. The second-order valence-electron chi connectivity index (χ2n) is 4.83. The summed E-state index contributed by atoms with van der Waals surface area (Å²) in [7, 11) is 0. The van der Waals surface area contributed by atoms with Crippen LogP contribution in [0, 0.1) is 5.92 Å². The Labute approximate surface area is 101 Å². The molecule has 1 aromatic heterocycles. The molecule has 4 heteroatoms. The standard InChI is InChI=1S/C13H17N3O/c17-13(11-8-15-9-11)16-7-1-2-12(16)10-3-5-14-6-4-10/h3-6,11-12,15H,1-2,7-9H2. The third kappa shape index (κ3) is 1.93. The lowest BCUT2D eigenvalue weighted by atomic mass is 10.00. The number of hydrogen-bond donors (Lipinski definition) is 1. The van der Waals surface area contributed by atoms with Crippen molar-refractivity contribution < 1.29 is 4.79 Å². The first-order chi connectivity index (χ1) is 8.36. The Kier molecular flexibility index (Phi) is 2.81. The van der Waals surface area contributed by atoms with Crippen molar-refractivity contribution >= 4 is 5.91 Å². The highest BCUT2D eigenvalue weighted by Crippen LogP contribution is 2.33. The predicted octanol–water partition coefficient (Wildman–Crippen LogP) is 0.964. The van der Waals surface area contributed by atoms with Crippen LogP contribution in [-0.2, 0) is 4.79 Å². The van der Waals surface area contributed by atoms with Crippen molar-refractivity contribution in [2.24, 2.45) is 5.92 Å². The molecule has 3 heterocycles. The van der Waals surface area contributed by atoms with E-state index < -0.39 is 0 Å². The molecule has 1 amide bonds. The topological polar surface area (TPSA) is 45.2 Å². The second kappa shape index (κ2) is 4.45. The smallest absolute Gasteiger partial charge is 0.228 e. The number of amides is 1. The van der Waals surface area contributed by atoms with E-state index in [-0.39, 0.29) is 12.0 Å². The van der Waals surface area contributed by atoms with E-state index in [1.54, 1.807) is 12.4 Å². The van der Waals surface area contributed by atoms with Crippen molar-refractivity contribution in [2.45, 2.75) is 18.9 Å². The molecule has 1 N–H and O–H groups in total. The molecular weight excluding hydrogens is 214 g/mol. The minimum atomic E-state index is 0.206. The Hall–Kier alpha value is -1.42. The highest BCUT2D eigenvalue weighted by Gasteiger charge is 2.35. The first-order valence-corrected chi connectivity index (χ1v) is 6.27. The zero-order chi connectivity index (χ0) is 11.7. The number of carbonyl (C=O) groups excluding carboxylic acids is 1. The fourth-order valence-electron chi connectivity index (χ4n) is 2.66. The Balaban J connectivity index is 1.77. The van der Waals surface area contributed by atoms with Crippen LogP contribution in [0.15, 0.2) is 24.5 Å². The number of carbonyl (C=O) groups is 1. The van der Waals surface area contributed by atoms with E-state index in [0.29, 0.717) is 5.91 Å². The average molecular weight is 231 g/mol. The second-order valence-corrected chi connectivity index (χ2v) is 4.83. The number of aromatic nitrogens is 1. The zero-order valence-electron chi connectivity index (χ0n) is 9.80. The van der Waals surface area contributed by atoms with Crippen molar-refractivity contribution in [1.29, 1.82) is 0 Å². The number of nitrogens with one attached hydrogen (secondary N) is 1. The molecule has 0 aliphatic carbocycles. The monoisotopic (exact) mass is 231 g/mol. The molecule has 0 spiro atoms. The van der Waals surface area contributed by atoms with Crippen LogP contribution in [0.4, 0.5) is 0 Å². The molecule has 2 aliphatic heterocycles. The van der Waals surface area contributed by atoms with Gasteiger partial charge in [-0.1, -0.05) is 0 Å². The molecule has 1 atom stereocenters. The fraction of sp³-hybridized carbons (Fsp3) is 0.538. The van der Waals surface area contributed by atoms with Gasteiger partial charge in [0.1, 0.15) is 0 Å². The van der Waals surface area contributed by atoms with Gasteiger partial charge in [0.15, 0.2) is 0 Å². The van der Waals surface area contributed by atoms with Gasteiger partial charge in [-0.25, -0.2) is 0 Å². The first-order valence-electron chi connectivity index (χ1n) is 6.27. The molecule has 0 radical (unpaired) electrons. The first kappa shape index (κ1) is 10.7. The van der Waals surface area contributed by atoms with Gasteiger partial charge in [-0.05, 0) is 30.5 Å². The van der Waals surface area contributed by atoms with Gasteiger partial charge in [0.05, 0.1) is 12.0 Å².